The quantitative estimate of drug-likeness (QED) is 0.0953. The summed E-state index contributed by atoms with van der Waals surface area (Å²) in [5.41, 5.74) is 8.54. The summed E-state index contributed by atoms with van der Waals surface area (Å²) in [6.07, 6.45) is 11.1. The highest BCUT2D eigenvalue weighted by Crippen LogP contribution is 2.41. The minimum absolute atomic E-state index is 0.258. The Morgan fingerprint density at radius 1 is 0.359 bits per heavy atom. The molecule has 4 heterocycles. The first-order valence-electron chi connectivity index (χ1n) is 18.9. The highest BCUT2D eigenvalue weighted by atomic mass is 32.2. The van der Waals surface area contributed by atoms with Crippen LogP contribution in [-0.2, 0) is 40.5 Å². The predicted molar refractivity (Wildman–Crippen MR) is 239 cm³/mol. The maximum absolute atomic E-state index is 12.0. The van der Waals surface area contributed by atoms with Gasteiger partial charge < -0.3 is 4.98 Å². The molecule has 4 aromatic carbocycles. The number of nitrogens with zero attached hydrogens (tertiary/aromatic N) is 2. The van der Waals surface area contributed by atoms with Crippen molar-refractivity contribution in [3.8, 4) is 0 Å². The Kier molecular flexibility index (Phi) is 10.3. The fourth-order valence-corrected chi connectivity index (χ4v) is 9.81. The van der Waals surface area contributed by atoms with Crippen LogP contribution in [0.15, 0.2) is 198 Å². The van der Waals surface area contributed by atoms with E-state index in [-0.39, 0.29) is 26.0 Å². The molecule has 5 aromatic rings. The zero-order valence-electron chi connectivity index (χ0n) is 32.6. The number of H-pyrrole nitrogens is 1. The van der Waals surface area contributed by atoms with Gasteiger partial charge in [-0.3, -0.25) is 18.2 Å². The average molecular weight is 934 g/mol. The number of aromatic amines is 1. The van der Waals surface area contributed by atoms with Crippen molar-refractivity contribution in [2.24, 2.45) is 9.98 Å². The van der Waals surface area contributed by atoms with Crippen LogP contribution in [0.1, 0.15) is 40.1 Å². The minimum Gasteiger partial charge on any atom is -0.354 e. The molecule has 0 unspecified atom stereocenters. The number of rotatable bonds is 8. The number of benzene rings is 4. The van der Waals surface area contributed by atoms with Crippen LogP contribution in [0.2, 0.25) is 0 Å². The molecule has 4 aliphatic rings. The van der Waals surface area contributed by atoms with Gasteiger partial charge in [-0.1, -0.05) is 60.7 Å². The Morgan fingerprint density at radius 3 is 0.922 bits per heavy atom. The lowest BCUT2D eigenvalue weighted by atomic mass is 9.91. The summed E-state index contributed by atoms with van der Waals surface area (Å²) in [5, 5.41) is 0. The molecule has 0 spiro atoms. The summed E-state index contributed by atoms with van der Waals surface area (Å²) in [6, 6.07) is 25.9. The number of fused-ring (bicyclic) bond motifs is 6. The number of hydrogen-bond acceptors (Lipinski definition) is 10. The SMILES string of the molecule is O=S(=O)(O)c1ccc(C2=C3C=CC(=C(c4ccc(S(=O)(=O)O)cc4)C4=NC(=C(c5ccc(S(=O)(=O)O)cc5)c5ccc([nH]5)C(c5ccc(S(=O)(=O)O)cc5)=C5C=CC2=N5)C=C4)C3)cc1. The van der Waals surface area contributed by atoms with E-state index in [9.17, 15) is 51.9 Å². The molecule has 8 bridgehead atoms. The van der Waals surface area contributed by atoms with E-state index in [1.807, 2.05) is 12.2 Å². The van der Waals surface area contributed by atoms with Gasteiger partial charge in [0.15, 0.2) is 0 Å². The molecule has 0 saturated heterocycles. The highest BCUT2D eigenvalue weighted by Gasteiger charge is 2.28. The second kappa shape index (κ2) is 15.5. The lowest BCUT2D eigenvalue weighted by Gasteiger charge is -2.15. The average Bonchev–Trinajstić information content (AvgIpc) is 4.08. The lowest BCUT2D eigenvalue weighted by molar-refractivity contribution is 0.481. The summed E-state index contributed by atoms with van der Waals surface area (Å²) < 4.78 is 135. The molecule has 3 aliphatic heterocycles. The lowest BCUT2D eigenvalue weighted by Crippen LogP contribution is -2.04. The van der Waals surface area contributed by atoms with Gasteiger partial charge in [-0.25, -0.2) is 9.98 Å². The normalized spacial score (nSPS) is 16.6. The van der Waals surface area contributed by atoms with Crippen molar-refractivity contribution in [3.05, 3.63) is 202 Å². The van der Waals surface area contributed by atoms with Crippen LogP contribution in [0.25, 0.3) is 22.3 Å². The smallest absolute Gasteiger partial charge is 0.294 e. The molecule has 1 aliphatic carbocycles. The summed E-state index contributed by atoms with van der Waals surface area (Å²) in [4.78, 5) is 12.3. The molecule has 322 valence electrons. The van der Waals surface area contributed by atoms with Gasteiger partial charge in [-0.05, 0) is 125 Å². The molecule has 15 nitrogen and oxygen atoms in total. The van der Waals surface area contributed by atoms with Crippen LogP contribution in [0.4, 0.5) is 0 Å². The third-order valence-corrected chi connectivity index (χ3v) is 14.3. The van der Waals surface area contributed by atoms with Crippen molar-refractivity contribution in [2.75, 3.05) is 0 Å². The number of aromatic nitrogens is 1. The Bertz CT molecular complexity index is 3370. The van der Waals surface area contributed by atoms with Crippen molar-refractivity contribution in [1.29, 1.82) is 0 Å². The van der Waals surface area contributed by atoms with Gasteiger partial charge in [0.05, 0.1) is 42.4 Å². The Labute approximate surface area is 367 Å². The summed E-state index contributed by atoms with van der Waals surface area (Å²) >= 11 is 0. The zero-order valence-corrected chi connectivity index (χ0v) is 35.9. The number of aliphatic imine (C=N–C) groups is 2. The molecule has 0 amide bonds. The minimum atomic E-state index is -4.54. The van der Waals surface area contributed by atoms with Crippen molar-refractivity contribution in [2.45, 2.75) is 26.0 Å². The molecule has 0 atom stereocenters. The monoisotopic (exact) mass is 933 g/mol. The molecule has 5 N–H and O–H groups in total. The van der Waals surface area contributed by atoms with Crippen LogP contribution in [0.3, 0.4) is 0 Å². The van der Waals surface area contributed by atoms with Crippen LogP contribution in [-0.4, -0.2) is 68.3 Å². The first-order valence-corrected chi connectivity index (χ1v) is 24.7. The molecule has 9 rings (SSSR count). The third kappa shape index (κ3) is 8.17. The van der Waals surface area contributed by atoms with Gasteiger partial charge in [0.1, 0.15) is 0 Å². The van der Waals surface area contributed by atoms with E-state index in [4.69, 9.17) is 9.98 Å². The highest BCUT2D eigenvalue weighted by molar-refractivity contribution is 7.86. The van der Waals surface area contributed by atoms with E-state index in [0.29, 0.717) is 78.8 Å². The third-order valence-electron chi connectivity index (χ3n) is 10.8. The fourth-order valence-electron chi connectivity index (χ4n) is 7.89. The topological polar surface area (TPSA) is 258 Å². The van der Waals surface area contributed by atoms with Gasteiger partial charge in [0, 0.05) is 33.7 Å². The maximum atomic E-state index is 12.0. The Morgan fingerprint density at radius 2 is 0.641 bits per heavy atom. The van der Waals surface area contributed by atoms with Crippen molar-refractivity contribution >= 4 is 74.2 Å². The van der Waals surface area contributed by atoms with E-state index < -0.39 is 40.5 Å². The van der Waals surface area contributed by atoms with E-state index in [0.717, 1.165) is 11.1 Å². The van der Waals surface area contributed by atoms with E-state index >= 15 is 0 Å². The van der Waals surface area contributed by atoms with Gasteiger partial charge >= 0.3 is 0 Å². The van der Waals surface area contributed by atoms with E-state index in [1.165, 1.54) is 72.8 Å². The molecule has 64 heavy (non-hydrogen) atoms. The van der Waals surface area contributed by atoms with E-state index in [2.05, 4.69) is 4.98 Å². The van der Waals surface area contributed by atoms with Crippen LogP contribution < -0.4 is 0 Å². The van der Waals surface area contributed by atoms with Gasteiger partial charge in [0.25, 0.3) is 40.5 Å². The predicted octanol–water partition coefficient (Wildman–Crippen LogP) is 7.42. The number of nitrogens with one attached hydrogen (secondary N) is 1. The second-order valence-corrected chi connectivity index (χ2v) is 20.5. The van der Waals surface area contributed by atoms with Crippen LogP contribution in [0.5, 0.6) is 0 Å². The molecule has 0 saturated carbocycles. The molecule has 1 aromatic heterocycles. The largest absolute Gasteiger partial charge is 0.354 e. The van der Waals surface area contributed by atoms with Crippen molar-refractivity contribution in [3.63, 3.8) is 0 Å². The zero-order chi connectivity index (χ0) is 45.3. The van der Waals surface area contributed by atoms with Crippen molar-refractivity contribution in [1.82, 2.24) is 4.98 Å². The second-order valence-electron chi connectivity index (χ2n) is 14.8. The number of allylic oxidation sites excluding steroid dienone is 10. The van der Waals surface area contributed by atoms with Gasteiger partial charge in [-0.15, -0.1) is 0 Å². The van der Waals surface area contributed by atoms with Gasteiger partial charge in [0.2, 0.25) is 0 Å². The molecular weight excluding hydrogens is 903 g/mol. The summed E-state index contributed by atoms with van der Waals surface area (Å²) in [6.45, 7) is 0. The Hall–Kier alpha value is -6.68. The van der Waals surface area contributed by atoms with Crippen LogP contribution >= 0.6 is 0 Å². The van der Waals surface area contributed by atoms with Gasteiger partial charge in [-0.2, -0.15) is 33.7 Å². The standard InChI is InChI=1S/C45H31N3O12S4/c49-61(50,51)32-11-3-26(4-12-32)42-30-1-2-31(25-30)43(27-5-13-33(14-6-27)62(52,53)54)37-20-22-39(47-37)45(29-9-17-35(18-10-29)64(58,59)60)41-24-23-40(48-41)44(38-21-19-36(42)46-38)28-7-15-34(16-8-28)63(55,56)57/h1-24,48H,25H2,(H,49,50,51)(H,52,53,54)(H,55,56,57)(H,58,59,60). The van der Waals surface area contributed by atoms with E-state index in [1.54, 1.807) is 60.7 Å². The van der Waals surface area contributed by atoms with Crippen LogP contribution in [0, 0.1) is 0 Å². The molecule has 0 fully saturated rings. The summed E-state index contributed by atoms with van der Waals surface area (Å²) in [5.74, 6) is 0. The number of hydrogen-bond donors (Lipinski definition) is 5. The molecule has 0 radical (unpaired) electrons. The first-order chi connectivity index (χ1) is 30.2. The first kappa shape index (κ1) is 42.6. The molecular formula is C45H31N3O12S4. The summed E-state index contributed by atoms with van der Waals surface area (Å²) in [7, 11) is -18.1. The fraction of sp³-hybridized carbons (Fsp3) is 0.0222. The van der Waals surface area contributed by atoms with Crippen molar-refractivity contribution < 1.29 is 51.9 Å². The maximum Gasteiger partial charge on any atom is 0.294 e. The molecule has 19 heteroatoms. The Balaban J connectivity index is 1.34.